The number of hydrogen-bond acceptors (Lipinski definition) is 1. The zero-order valence-corrected chi connectivity index (χ0v) is 15.1. The quantitative estimate of drug-likeness (QED) is 0.637. The normalized spacial score (nSPS) is 26.7. The molecule has 25 heavy (non-hydrogen) atoms. The monoisotopic (exact) mass is 343 g/mol. The van der Waals surface area contributed by atoms with Crippen LogP contribution in [0.3, 0.4) is 0 Å². The second kappa shape index (κ2) is 5.69. The summed E-state index contributed by atoms with van der Waals surface area (Å²) in [6, 6.07) is 30.1. The molecule has 1 fully saturated rings. The molecule has 0 saturated carbocycles. The number of rotatable bonds is 2. The van der Waals surface area contributed by atoms with Crippen LogP contribution in [-0.4, -0.2) is 8.32 Å². The summed E-state index contributed by atoms with van der Waals surface area (Å²) in [6.45, 7) is 0.422. The summed E-state index contributed by atoms with van der Waals surface area (Å²) >= 11 is 0. The second-order valence-corrected chi connectivity index (χ2v) is 10.8. The van der Waals surface area contributed by atoms with Gasteiger partial charge in [-0.25, -0.2) is 0 Å². The van der Waals surface area contributed by atoms with Gasteiger partial charge in [0.15, 0.2) is 0 Å². The highest BCUT2D eigenvalue weighted by atomic mass is 28.4. The van der Waals surface area contributed by atoms with Gasteiger partial charge in [0.05, 0.1) is 6.10 Å². The fraction of sp³-hybridized carbons (Fsp3) is 0.217. The zero-order chi connectivity index (χ0) is 17.6. The molecule has 1 aliphatic carbocycles. The molecule has 1 nitrogen and oxygen atoms in total. The molecule has 2 heteroatoms. The fourth-order valence-corrected chi connectivity index (χ4v) is 9.39. The molecule has 0 spiro atoms. The minimum Gasteiger partial charge on any atom is -0.400 e. The fourth-order valence-electron chi connectivity index (χ4n) is 4.78. The second-order valence-electron chi connectivity index (χ2n) is 7.18. The van der Waals surface area contributed by atoms with Crippen molar-refractivity contribution in [2.45, 2.75) is 25.0 Å². The van der Waals surface area contributed by atoms with Crippen LogP contribution in [0.25, 0.3) is 0 Å². The number of hydrogen-bond donors (Lipinski definition) is 0. The Bertz CT molecular complexity index is 872. The van der Waals surface area contributed by atoms with Gasteiger partial charge < -0.3 is 4.43 Å². The highest BCUT2D eigenvalue weighted by Gasteiger charge is 2.59. The van der Waals surface area contributed by atoms with Crippen molar-refractivity contribution in [1.82, 2.24) is 0 Å². The van der Waals surface area contributed by atoms with Gasteiger partial charge in [-0.1, -0.05) is 91.8 Å². The minimum absolute atomic E-state index is 0.133. The molecule has 124 valence electrons. The lowest BCUT2D eigenvalue weighted by atomic mass is 10.0. The maximum atomic E-state index is 8.47. The van der Waals surface area contributed by atoms with E-state index >= 15 is 0 Å². The molecule has 3 atom stereocenters. The summed E-state index contributed by atoms with van der Waals surface area (Å²) in [5, 5.41) is 2.60. The SMILES string of the molecule is [2H]CC1[C@H]2Cc3ccccc3[C@H]2O[Si]1(c1ccccc1)c1ccccc1. The van der Waals surface area contributed by atoms with Crippen molar-refractivity contribution in [2.24, 2.45) is 5.92 Å². The van der Waals surface area contributed by atoms with Crippen molar-refractivity contribution < 1.29 is 5.80 Å². The van der Waals surface area contributed by atoms with Gasteiger partial charge in [-0.05, 0) is 39.4 Å². The third kappa shape index (κ3) is 2.11. The van der Waals surface area contributed by atoms with Crippen molar-refractivity contribution in [3.05, 3.63) is 96.1 Å². The molecule has 3 aromatic carbocycles. The summed E-state index contributed by atoms with van der Waals surface area (Å²) < 4.78 is 15.6. The molecule has 1 heterocycles. The maximum absolute atomic E-state index is 8.47. The van der Waals surface area contributed by atoms with Crippen molar-refractivity contribution in [2.75, 3.05) is 0 Å². The third-order valence-corrected chi connectivity index (χ3v) is 10.4. The molecule has 0 amide bonds. The average Bonchev–Trinajstić information content (AvgIpc) is 3.23. The lowest BCUT2D eigenvalue weighted by molar-refractivity contribution is 0.196. The Balaban J connectivity index is 1.71. The van der Waals surface area contributed by atoms with E-state index in [0.29, 0.717) is 12.8 Å². The van der Waals surface area contributed by atoms with Gasteiger partial charge in [-0.15, -0.1) is 0 Å². The highest BCUT2D eigenvalue weighted by Crippen LogP contribution is 2.54. The Kier molecular flexibility index (Phi) is 3.20. The van der Waals surface area contributed by atoms with Crippen molar-refractivity contribution >= 4 is 18.7 Å². The largest absolute Gasteiger partial charge is 0.400 e. The predicted molar refractivity (Wildman–Crippen MR) is 105 cm³/mol. The molecule has 1 saturated heterocycles. The zero-order valence-electron chi connectivity index (χ0n) is 15.1. The van der Waals surface area contributed by atoms with E-state index in [0.717, 1.165) is 6.42 Å². The Hall–Kier alpha value is -2.16. The van der Waals surface area contributed by atoms with E-state index in [4.69, 9.17) is 5.80 Å². The van der Waals surface area contributed by atoms with E-state index in [-0.39, 0.29) is 11.6 Å². The van der Waals surface area contributed by atoms with Gasteiger partial charge in [0.1, 0.15) is 0 Å². The van der Waals surface area contributed by atoms with E-state index < -0.39 is 8.32 Å². The molecule has 1 unspecified atom stereocenters. The first-order chi connectivity index (χ1) is 12.8. The van der Waals surface area contributed by atoms with Gasteiger partial charge >= 0.3 is 0 Å². The van der Waals surface area contributed by atoms with Gasteiger partial charge in [0.2, 0.25) is 0 Å². The van der Waals surface area contributed by atoms with Crippen LogP contribution in [0.4, 0.5) is 0 Å². The molecule has 0 N–H and O–H groups in total. The smallest absolute Gasteiger partial charge is 0.259 e. The lowest BCUT2D eigenvalue weighted by Gasteiger charge is -2.33. The van der Waals surface area contributed by atoms with Crippen LogP contribution in [0, 0.1) is 5.92 Å². The standard InChI is InChI=1S/C23H22OSi/c1-17-22-16-18-10-8-9-15-21(18)23(22)24-25(17,19-11-4-2-5-12-19)20-13-6-3-7-14-20/h2-15,17,22-23H,16H2,1H3/t17?,22-,23-/m1/s1/i1D. The van der Waals surface area contributed by atoms with Gasteiger partial charge in [-0.3, -0.25) is 0 Å². The molecule has 1 aliphatic heterocycles. The number of fused-ring (bicyclic) bond motifs is 3. The summed E-state index contributed by atoms with van der Waals surface area (Å²) in [7, 11) is -2.47. The molecule has 5 rings (SSSR count). The Morgan fingerprint density at radius 1 is 0.840 bits per heavy atom. The first kappa shape index (κ1) is 14.1. The van der Waals surface area contributed by atoms with E-state index in [1.165, 1.54) is 21.5 Å². The molecular weight excluding hydrogens is 320 g/mol. The predicted octanol–water partition coefficient (Wildman–Crippen LogP) is 4.08. The molecule has 0 radical (unpaired) electrons. The van der Waals surface area contributed by atoms with Crippen LogP contribution in [0.1, 0.15) is 25.5 Å². The summed E-state index contributed by atoms with van der Waals surface area (Å²) in [4.78, 5) is 0. The highest BCUT2D eigenvalue weighted by molar-refractivity contribution is 6.99. The maximum Gasteiger partial charge on any atom is 0.259 e. The van der Waals surface area contributed by atoms with E-state index in [9.17, 15) is 0 Å². The number of benzene rings is 3. The average molecular weight is 344 g/mol. The van der Waals surface area contributed by atoms with Crippen LogP contribution in [-0.2, 0) is 10.8 Å². The Morgan fingerprint density at radius 3 is 2.08 bits per heavy atom. The van der Waals surface area contributed by atoms with Crippen molar-refractivity contribution in [1.29, 1.82) is 0 Å². The van der Waals surface area contributed by atoms with E-state index in [2.05, 4.69) is 84.9 Å². The topological polar surface area (TPSA) is 9.23 Å². The van der Waals surface area contributed by atoms with Crippen molar-refractivity contribution in [3.63, 3.8) is 0 Å². The van der Waals surface area contributed by atoms with Crippen LogP contribution < -0.4 is 10.4 Å². The molecule has 3 aromatic rings. The Labute approximate surface area is 151 Å². The molecule has 0 bridgehead atoms. The molecule has 2 aliphatic rings. The van der Waals surface area contributed by atoms with E-state index in [1.54, 1.807) is 0 Å². The lowest BCUT2D eigenvalue weighted by Crippen LogP contribution is -2.61. The summed E-state index contributed by atoms with van der Waals surface area (Å²) in [5.41, 5.74) is 3.02. The summed E-state index contributed by atoms with van der Waals surface area (Å²) in [6.07, 6.45) is 1.17. The summed E-state index contributed by atoms with van der Waals surface area (Å²) in [5.74, 6) is 0.414. The molecular formula is C23H22OSi. The Morgan fingerprint density at radius 2 is 1.44 bits per heavy atom. The first-order valence-corrected chi connectivity index (χ1v) is 11.0. The first-order valence-electron chi connectivity index (χ1n) is 9.71. The van der Waals surface area contributed by atoms with Crippen LogP contribution in [0.2, 0.25) is 5.54 Å². The van der Waals surface area contributed by atoms with Crippen LogP contribution in [0.5, 0.6) is 0 Å². The minimum atomic E-state index is -2.47. The van der Waals surface area contributed by atoms with Crippen molar-refractivity contribution in [3.8, 4) is 0 Å². The van der Waals surface area contributed by atoms with Gasteiger partial charge in [-0.2, -0.15) is 0 Å². The van der Waals surface area contributed by atoms with Crippen LogP contribution >= 0.6 is 0 Å². The van der Waals surface area contributed by atoms with E-state index in [1.807, 2.05) is 0 Å². The van der Waals surface area contributed by atoms with Crippen LogP contribution in [0.15, 0.2) is 84.9 Å². The van der Waals surface area contributed by atoms with Gasteiger partial charge in [0.25, 0.3) is 8.32 Å². The van der Waals surface area contributed by atoms with Gasteiger partial charge in [0, 0.05) is 1.37 Å². The third-order valence-electron chi connectivity index (χ3n) is 5.96. The molecule has 0 aromatic heterocycles.